The molecule has 0 atom stereocenters. The normalized spacial score (nSPS) is 29.1. The van der Waals surface area contributed by atoms with E-state index in [1.165, 1.54) is 82.8 Å². The molecule has 2 saturated carbocycles. The van der Waals surface area contributed by atoms with Crippen molar-refractivity contribution < 1.29 is 9.13 Å². The van der Waals surface area contributed by atoms with Gasteiger partial charge in [0.15, 0.2) is 0 Å². The zero-order chi connectivity index (χ0) is 18.9. The van der Waals surface area contributed by atoms with Gasteiger partial charge in [-0.15, -0.1) is 0 Å². The molecule has 0 saturated heterocycles. The molecule has 1 aromatic carbocycles. The largest absolute Gasteiger partial charge is 0.493 e. The molecule has 1 nitrogen and oxygen atoms in total. The van der Waals surface area contributed by atoms with E-state index in [4.69, 9.17) is 4.74 Å². The van der Waals surface area contributed by atoms with Crippen LogP contribution in [-0.4, -0.2) is 6.61 Å². The molecule has 27 heavy (non-hydrogen) atoms. The topological polar surface area (TPSA) is 9.23 Å². The molecule has 3 rings (SSSR count). The van der Waals surface area contributed by atoms with Crippen LogP contribution >= 0.6 is 0 Å². The number of allylic oxidation sites excluding steroid dienone is 2. The van der Waals surface area contributed by atoms with Gasteiger partial charge in [-0.3, -0.25) is 0 Å². The third-order valence-corrected chi connectivity index (χ3v) is 6.81. The minimum atomic E-state index is -0.200. The summed E-state index contributed by atoms with van der Waals surface area (Å²) in [6, 6.07) is 6.41. The molecule has 0 unspecified atom stereocenters. The van der Waals surface area contributed by atoms with Crippen molar-refractivity contribution in [2.24, 2.45) is 23.7 Å². The molecule has 0 aromatic heterocycles. The summed E-state index contributed by atoms with van der Waals surface area (Å²) >= 11 is 0. The van der Waals surface area contributed by atoms with Crippen molar-refractivity contribution in [3.63, 3.8) is 0 Å². The molecule has 0 aliphatic heterocycles. The number of halogens is 1. The van der Waals surface area contributed by atoms with Gasteiger partial charge in [0, 0.05) is 0 Å². The van der Waals surface area contributed by atoms with Crippen LogP contribution in [0.4, 0.5) is 4.39 Å². The summed E-state index contributed by atoms with van der Waals surface area (Å²) in [5.74, 6) is 4.02. The molecule has 0 amide bonds. The lowest BCUT2D eigenvalue weighted by Crippen LogP contribution is -2.27. The fraction of sp³-hybridized carbons (Fsp3) is 0.680. The zero-order valence-corrected chi connectivity index (χ0v) is 17.0. The number of benzene rings is 1. The van der Waals surface area contributed by atoms with Gasteiger partial charge in [0.25, 0.3) is 0 Å². The maximum atomic E-state index is 13.0. The van der Waals surface area contributed by atoms with Gasteiger partial charge in [-0.2, -0.15) is 0 Å². The monoisotopic (exact) mass is 372 g/mol. The van der Waals surface area contributed by atoms with Crippen molar-refractivity contribution in [2.45, 2.75) is 77.6 Å². The highest BCUT2D eigenvalue weighted by molar-refractivity contribution is 5.22. The zero-order valence-electron chi connectivity index (χ0n) is 17.0. The minimum Gasteiger partial charge on any atom is -0.493 e. The first-order chi connectivity index (χ1) is 13.2. The number of hydrogen-bond donors (Lipinski definition) is 0. The first-order valence-electron chi connectivity index (χ1n) is 11.3. The van der Waals surface area contributed by atoms with E-state index in [1.807, 2.05) is 0 Å². The van der Waals surface area contributed by atoms with Crippen LogP contribution in [0, 0.1) is 29.5 Å². The Kier molecular flexibility index (Phi) is 8.23. The van der Waals surface area contributed by atoms with Crippen LogP contribution in [0.15, 0.2) is 36.4 Å². The lowest BCUT2D eigenvalue weighted by Gasteiger charge is -2.37. The lowest BCUT2D eigenvalue weighted by atomic mass is 9.69. The van der Waals surface area contributed by atoms with Crippen molar-refractivity contribution >= 4 is 0 Å². The Morgan fingerprint density at radius 3 is 2.19 bits per heavy atom. The number of rotatable bonds is 8. The Hall–Kier alpha value is -1.31. The SMILES string of the molecule is CCCC/C=C/[C@H]1CC[C@H](C2CCC(COc3ccc(F)cc3)CC2)CC1. The highest BCUT2D eigenvalue weighted by atomic mass is 19.1. The van der Waals surface area contributed by atoms with E-state index < -0.39 is 0 Å². The van der Waals surface area contributed by atoms with E-state index in [-0.39, 0.29) is 5.82 Å². The van der Waals surface area contributed by atoms with Crippen molar-refractivity contribution in [3.05, 3.63) is 42.2 Å². The summed E-state index contributed by atoms with van der Waals surface area (Å²) in [5, 5.41) is 0. The molecule has 2 aliphatic rings. The number of ether oxygens (including phenoxy) is 1. The molecule has 0 spiro atoms. The van der Waals surface area contributed by atoms with Crippen LogP contribution in [0.3, 0.4) is 0 Å². The highest BCUT2D eigenvalue weighted by Crippen LogP contribution is 2.41. The molecule has 1 aromatic rings. The quantitative estimate of drug-likeness (QED) is 0.338. The van der Waals surface area contributed by atoms with Gasteiger partial charge >= 0.3 is 0 Å². The van der Waals surface area contributed by atoms with Gasteiger partial charge < -0.3 is 4.74 Å². The van der Waals surface area contributed by atoms with Crippen LogP contribution in [0.2, 0.25) is 0 Å². The van der Waals surface area contributed by atoms with Crippen molar-refractivity contribution in [1.29, 1.82) is 0 Å². The van der Waals surface area contributed by atoms with E-state index in [9.17, 15) is 4.39 Å². The molecule has 2 aliphatic carbocycles. The maximum Gasteiger partial charge on any atom is 0.123 e. The molecular weight excluding hydrogens is 335 g/mol. The second-order valence-electron chi connectivity index (χ2n) is 8.79. The van der Waals surface area contributed by atoms with E-state index in [1.54, 1.807) is 12.1 Å². The van der Waals surface area contributed by atoms with Crippen LogP contribution < -0.4 is 4.74 Å². The van der Waals surface area contributed by atoms with Crippen LogP contribution in [0.5, 0.6) is 5.75 Å². The first-order valence-corrected chi connectivity index (χ1v) is 11.3. The van der Waals surface area contributed by atoms with Gasteiger partial charge in [0.05, 0.1) is 6.61 Å². The summed E-state index contributed by atoms with van der Waals surface area (Å²) in [5.41, 5.74) is 0. The van der Waals surface area contributed by atoms with E-state index in [2.05, 4.69) is 19.1 Å². The second-order valence-corrected chi connectivity index (χ2v) is 8.79. The van der Waals surface area contributed by atoms with Crippen LogP contribution in [-0.2, 0) is 0 Å². The number of hydrogen-bond acceptors (Lipinski definition) is 1. The maximum absolute atomic E-state index is 13.0. The number of unbranched alkanes of at least 4 members (excludes halogenated alkanes) is 2. The average Bonchev–Trinajstić information content (AvgIpc) is 2.72. The third-order valence-electron chi connectivity index (χ3n) is 6.81. The summed E-state index contributed by atoms with van der Waals surface area (Å²) in [6.07, 6.45) is 19.9. The van der Waals surface area contributed by atoms with Gasteiger partial charge in [-0.05, 0) is 106 Å². The summed E-state index contributed by atoms with van der Waals surface area (Å²) < 4.78 is 18.8. The Morgan fingerprint density at radius 1 is 0.926 bits per heavy atom. The van der Waals surface area contributed by atoms with Crippen molar-refractivity contribution in [3.8, 4) is 5.75 Å². The highest BCUT2D eigenvalue weighted by Gasteiger charge is 2.30. The Morgan fingerprint density at radius 2 is 1.56 bits per heavy atom. The molecule has 0 radical (unpaired) electrons. The molecule has 0 heterocycles. The fourth-order valence-electron chi connectivity index (χ4n) is 4.99. The van der Waals surface area contributed by atoms with Gasteiger partial charge in [-0.1, -0.05) is 31.9 Å². The molecule has 0 N–H and O–H groups in total. The Bertz CT molecular complexity index is 548. The second kappa shape index (κ2) is 10.9. The van der Waals surface area contributed by atoms with Crippen LogP contribution in [0.25, 0.3) is 0 Å². The van der Waals surface area contributed by atoms with Gasteiger partial charge in [0.2, 0.25) is 0 Å². The van der Waals surface area contributed by atoms with Gasteiger partial charge in [-0.25, -0.2) is 4.39 Å². The van der Waals surface area contributed by atoms with Gasteiger partial charge in [0.1, 0.15) is 11.6 Å². The van der Waals surface area contributed by atoms with Crippen LogP contribution in [0.1, 0.15) is 77.6 Å². The molecule has 150 valence electrons. The molecule has 0 bridgehead atoms. The summed E-state index contributed by atoms with van der Waals surface area (Å²) in [4.78, 5) is 0. The van der Waals surface area contributed by atoms with E-state index in [0.29, 0.717) is 5.92 Å². The fourth-order valence-corrected chi connectivity index (χ4v) is 4.99. The third kappa shape index (κ3) is 6.66. The Balaban J connectivity index is 1.32. The Labute approximate surface area is 165 Å². The first kappa shape index (κ1) is 20.4. The predicted molar refractivity (Wildman–Crippen MR) is 111 cm³/mol. The predicted octanol–water partition coefficient (Wildman–Crippen LogP) is 7.56. The van der Waals surface area contributed by atoms with Crippen molar-refractivity contribution in [2.75, 3.05) is 6.61 Å². The molecular formula is C25H37FO. The molecule has 2 heteroatoms. The smallest absolute Gasteiger partial charge is 0.123 e. The molecule has 2 fully saturated rings. The van der Waals surface area contributed by atoms with E-state index in [0.717, 1.165) is 30.1 Å². The van der Waals surface area contributed by atoms with Crippen molar-refractivity contribution in [1.82, 2.24) is 0 Å². The average molecular weight is 373 g/mol. The summed E-state index contributed by atoms with van der Waals surface area (Å²) in [7, 11) is 0. The summed E-state index contributed by atoms with van der Waals surface area (Å²) in [6.45, 7) is 3.05. The lowest BCUT2D eigenvalue weighted by molar-refractivity contribution is 0.129. The minimum absolute atomic E-state index is 0.200. The standard InChI is InChI=1S/C25H37FO/c1-2-3-4-5-6-20-7-11-22(12-8-20)23-13-9-21(10-14-23)19-27-25-17-15-24(26)16-18-25/h5-6,15-18,20-23H,2-4,7-14,19H2,1H3/b6-5+/t20-,21?,22-,23?. The van der Waals surface area contributed by atoms with E-state index >= 15 is 0 Å².